The summed E-state index contributed by atoms with van der Waals surface area (Å²) in [5.74, 6) is 0. The van der Waals surface area contributed by atoms with Gasteiger partial charge in [-0.1, -0.05) is 12.1 Å². The largest absolute Gasteiger partial charge is 0.348 e. The number of nitrogens with zero attached hydrogens (tertiary/aromatic N) is 2. The Bertz CT molecular complexity index is 533. The predicted molar refractivity (Wildman–Crippen MR) is 55.4 cm³/mol. The highest BCUT2D eigenvalue weighted by molar-refractivity contribution is 5.92. The predicted octanol–water partition coefficient (Wildman–Crippen LogP) is 2.45. The van der Waals surface area contributed by atoms with Crippen molar-refractivity contribution in [2.45, 2.75) is 6.92 Å². The van der Waals surface area contributed by atoms with Gasteiger partial charge in [0.25, 0.3) is 0 Å². The Morgan fingerprint density at radius 2 is 2.21 bits per heavy atom. The second-order valence-corrected chi connectivity index (χ2v) is 3.35. The molecule has 3 heteroatoms. The van der Waals surface area contributed by atoms with E-state index >= 15 is 0 Å². The van der Waals surface area contributed by atoms with Crippen molar-refractivity contribution in [2.24, 2.45) is 12.0 Å². The van der Waals surface area contributed by atoms with Crippen LogP contribution >= 0.6 is 0 Å². The van der Waals surface area contributed by atoms with Crippen molar-refractivity contribution in [1.82, 2.24) is 4.57 Å². The fraction of sp³-hybridized carbons (Fsp3) is 0.182. The number of hydrogen-bond donors (Lipinski definition) is 0. The van der Waals surface area contributed by atoms with Crippen LogP contribution in [0.5, 0.6) is 0 Å². The molecular weight excluding hydrogens is 176 g/mol. The summed E-state index contributed by atoms with van der Waals surface area (Å²) in [5.41, 5.74) is 2.96. The Morgan fingerprint density at radius 3 is 2.93 bits per heavy atom. The molecule has 0 N–H and O–H groups in total. The average Bonchev–Trinajstić information content (AvgIpc) is 2.44. The van der Waals surface area contributed by atoms with Crippen molar-refractivity contribution in [2.75, 3.05) is 0 Å². The molecule has 0 bridgehead atoms. The number of aliphatic imine (C=N–C) groups is 1. The molecule has 2 aromatic rings. The molecule has 70 valence electrons. The minimum Gasteiger partial charge on any atom is -0.348 e. The van der Waals surface area contributed by atoms with Gasteiger partial charge in [0, 0.05) is 18.6 Å². The molecule has 1 heterocycles. The van der Waals surface area contributed by atoms with Gasteiger partial charge in [0.15, 0.2) is 0 Å². The topological polar surface area (TPSA) is 34.4 Å². The Labute approximate surface area is 81.7 Å². The van der Waals surface area contributed by atoms with Gasteiger partial charge < -0.3 is 4.57 Å². The number of rotatable bonds is 1. The van der Waals surface area contributed by atoms with E-state index in [9.17, 15) is 4.79 Å². The molecule has 0 saturated carbocycles. The van der Waals surface area contributed by atoms with Gasteiger partial charge in [-0.05, 0) is 18.6 Å². The van der Waals surface area contributed by atoms with E-state index in [2.05, 4.69) is 11.1 Å². The van der Waals surface area contributed by atoms with Crippen LogP contribution in [0, 0.1) is 6.92 Å². The van der Waals surface area contributed by atoms with Gasteiger partial charge in [0.2, 0.25) is 6.08 Å². The lowest BCUT2D eigenvalue weighted by Crippen LogP contribution is -1.83. The van der Waals surface area contributed by atoms with Crippen molar-refractivity contribution >= 4 is 22.7 Å². The van der Waals surface area contributed by atoms with Gasteiger partial charge in [-0.3, -0.25) is 0 Å². The van der Waals surface area contributed by atoms with E-state index < -0.39 is 0 Å². The standard InChI is InChI=1S/C11H10N2O/c1-8-3-4-9-10(12-7-14)6-13(2)11(9)5-8/h3-6H,1-2H3. The molecule has 14 heavy (non-hydrogen) atoms. The fourth-order valence-corrected chi connectivity index (χ4v) is 1.61. The molecule has 3 nitrogen and oxygen atoms in total. The number of hydrogen-bond acceptors (Lipinski definition) is 2. The number of benzene rings is 1. The van der Waals surface area contributed by atoms with Gasteiger partial charge in [0.05, 0.1) is 5.52 Å². The highest BCUT2D eigenvalue weighted by atomic mass is 16.1. The van der Waals surface area contributed by atoms with Crippen LogP contribution in [-0.2, 0) is 11.8 Å². The van der Waals surface area contributed by atoms with E-state index in [1.807, 2.05) is 36.9 Å². The molecule has 2 rings (SSSR count). The lowest BCUT2D eigenvalue weighted by Gasteiger charge is -1.96. The normalized spacial score (nSPS) is 10.1. The molecule has 0 aliphatic carbocycles. The third-order valence-electron chi connectivity index (χ3n) is 2.29. The van der Waals surface area contributed by atoms with Gasteiger partial charge >= 0.3 is 0 Å². The maximum atomic E-state index is 10.2. The minimum absolute atomic E-state index is 0.678. The van der Waals surface area contributed by atoms with Gasteiger partial charge in [0.1, 0.15) is 5.69 Å². The first-order valence-corrected chi connectivity index (χ1v) is 4.36. The Hall–Kier alpha value is -1.86. The number of aromatic nitrogens is 1. The molecule has 1 aromatic carbocycles. The summed E-state index contributed by atoms with van der Waals surface area (Å²) in [7, 11) is 1.94. The van der Waals surface area contributed by atoms with Crippen molar-refractivity contribution in [3.05, 3.63) is 30.0 Å². The van der Waals surface area contributed by atoms with Crippen LogP contribution in [0.3, 0.4) is 0 Å². The van der Waals surface area contributed by atoms with E-state index in [4.69, 9.17) is 0 Å². The lowest BCUT2D eigenvalue weighted by molar-refractivity contribution is 0.565. The van der Waals surface area contributed by atoms with Crippen LogP contribution in [0.25, 0.3) is 10.9 Å². The summed E-state index contributed by atoms with van der Waals surface area (Å²) in [5, 5.41) is 0.987. The minimum atomic E-state index is 0.678. The number of carbonyl (C=O) groups excluding carboxylic acids is 1. The maximum Gasteiger partial charge on any atom is 0.240 e. The molecule has 0 atom stereocenters. The fourth-order valence-electron chi connectivity index (χ4n) is 1.61. The third-order valence-corrected chi connectivity index (χ3v) is 2.29. The summed E-state index contributed by atoms with van der Waals surface area (Å²) in [6.07, 6.45) is 3.39. The van der Waals surface area contributed by atoms with Gasteiger partial charge in [-0.2, -0.15) is 4.99 Å². The van der Waals surface area contributed by atoms with Crippen molar-refractivity contribution in [3.63, 3.8) is 0 Å². The van der Waals surface area contributed by atoms with Crippen molar-refractivity contribution in [1.29, 1.82) is 0 Å². The van der Waals surface area contributed by atoms with E-state index in [1.165, 1.54) is 5.56 Å². The molecule has 0 amide bonds. The molecule has 1 aromatic heterocycles. The second kappa shape index (κ2) is 3.13. The van der Waals surface area contributed by atoms with Crippen LogP contribution in [0.2, 0.25) is 0 Å². The molecule has 0 unspecified atom stereocenters. The summed E-state index contributed by atoms with van der Waals surface area (Å²) in [6.45, 7) is 2.04. The van der Waals surface area contributed by atoms with Crippen LogP contribution in [0.4, 0.5) is 5.69 Å². The maximum absolute atomic E-state index is 10.2. The van der Waals surface area contributed by atoms with E-state index in [0.29, 0.717) is 5.69 Å². The second-order valence-electron chi connectivity index (χ2n) is 3.35. The van der Waals surface area contributed by atoms with Crippen LogP contribution in [-0.4, -0.2) is 10.6 Å². The number of fused-ring (bicyclic) bond motifs is 1. The van der Waals surface area contributed by atoms with Crippen molar-refractivity contribution < 1.29 is 4.79 Å². The summed E-state index contributed by atoms with van der Waals surface area (Å²) >= 11 is 0. The summed E-state index contributed by atoms with van der Waals surface area (Å²) in [4.78, 5) is 13.9. The molecule has 0 fully saturated rings. The molecule has 0 aliphatic heterocycles. The van der Waals surface area contributed by atoms with Gasteiger partial charge in [-0.15, -0.1) is 0 Å². The SMILES string of the molecule is Cc1ccc2c(N=C=O)cn(C)c2c1. The van der Waals surface area contributed by atoms with Crippen LogP contribution in [0.15, 0.2) is 29.4 Å². The Kier molecular flexibility index (Phi) is 1.95. The Balaban J connectivity index is 2.83. The van der Waals surface area contributed by atoms with Crippen LogP contribution in [0.1, 0.15) is 5.56 Å². The van der Waals surface area contributed by atoms with Gasteiger partial charge in [-0.25, -0.2) is 4.79 Å². The first-order chi connectivity index (χ1) is 6.72. The summed E-state index contributed by atoms with van der Waals surface area (Å²) < 4.78 is 1.96. The first-order valence-electron chi connectivity index (χ1n) is 4.36. The molecule has 0 radical (unpaired) electrons. The molecule has 0 spiro atoms. The summed E-state index contributed by atoms with van der Waals surface area (Å²) in [6, 6.07) is 6.05. The molecule has 0 aliphatic rings. The highest BCUT2D eigenvalue weighted by Gasteiger charge is 2.04. The zero-order valence-corrected chi connectivity index (χ0v) is 8.11. The Morgan fingerprint density at radius 1 is 1.43 bits per heavy atom. The lowest BCUT2D eigenvalue weighted by atomic mass is 10.2. The molecule has 0 saturated heterocycles. The number of aryl methyl sites for hydroxylation is 2. The van der Waals surface area contributed by atoms with Crippen molar-refractivity contribution in [3.8, 4) is 0 Å². The monoisotopic (exact) mass is 186 g/mol. The van der Waals surface area contributed by atoms with Crippen LogP contribution < -0.4 is 0 Å². The van der Waals surface area contributed by atoms with E-state index in [0.717, 1.165) is 10.9 Å². The average molecular weight is 186 g/mol. The number of isocyanates is 1. The quantitative estimate of drug-likeness (QED) is 0.497. The van der Waals surface area contributed by atoms with E-state index in [1.54, 1.807) is 6.08 Å². The van der Waals surface area contributed by atoms with E-state index in [-0.39, 0.29) is 0 Å². The first kappa shape index (κ1) is 8.73. The third kappa shape index (κ3) is 1.24. The smallest absolute Gasteiger partial charge is 0.240 e. The zero-order valence-electron chi connectivity index (χ0n) is 8.11. The zero-order chi connectivity index (χ0) is 10.1. The highest BCUT2D eigenvalue weighted by Crippen LogP contribution is 2.27. The molecular formula is C11H10N2O.